The van der Waals surface area contributed by atoms with Crippen molar-refractivity contribution in [1.29, 1.82) is 0 Å². The predicted octanol–water partition coefficient (Wildman–Crippen LogP) is 4.73. The van der Waals surface area contributed by atoms with E-state index in [2.05, 4.69) is 6.07 Å². The van der Waals surface area contributed by atoms with E-state index in [0.29, 0.717) is 36.8 Å². The maximum Gasteiger partial charge on any atom is 0.290 e. The van der Waals surface area contributed by atoms with Crippen LogP contribution >= 0.6 is 0 Å². The summed E-state index contributed by atoms with van der Waals surface area (Å²) in [5, 5.41) is 0. The van der Waals surface area contributed by atoms with Gasteiger partial charge in [-0.1, -0.05) is 6.07 Å². The van der Waals surface area contributed by atoms with Gasteiger partial charge in [-0.3, -0.25) is 4.79 Å². The standard InChI is InChI=1S/C25H27NO5/c1-16-10-17(2)12-19(11-16)31-15-21-20-14-24(29-4)23(28-3)13-18(20)7-8-26(21)25(27)22-6-5-9-30-22/h5-6,9-14,21H,7-8,15H2,1-4H3/t21-/m1/s1. The fourth-order valence-electron chi connectivity index (χ4n) is 4.18. The highest BCUT2D eigenvalue weighted by molar-refractivity contribution is 5.92. The first-order valence-electron chi connectivity index (χ1n) is 10.3. The van der Waals surface area contributed by atoms with Crippen LogP contribution in [0, 0.1) is 13.8 Å². The van der Waals surface area contributed by atoms with E-state index in [0.717, 1.165) is 28.0 Å². The number of furan rings is 1. The molecule has 0 saturated carbocycles. The van der Waals surface area contributed by atoms with E-state index in [9.17, 15) is 4.79 Å². The van der Waals surface area contributed by atoms with Gasteiger partial charge in [0.1, 0.15) is 12.4 Å². The van der Waals surface area contributed by atoms with Gasteiger partial charge in [-0.15, -0.1) is 0 Å². The van der Waals surface area contributed by atoms with Crippen LogP contribution in [0.1, 0.15) is 38.9 Å². The van der Waals surface area contributed by atoms with Gasteiger partial charge in [0.05, 0.1) is 26.5 Å². The van der Waals surface area contributed by atoms with Crippen molar-refractivity contribution in [2.45, 2.75) is 26.3 Å². The van der Waals surface area contributed by atoms with Crippen molar-refractivity contribution in [3.63, 3.8) is 0 Å². The third kappa shape index (κ3) is 4.24. The molecule has 3 aromatic rings. The summed E-state index contributed by atoms with van der Waals surface area (Å²) < 4.78 is 22.6. The van der Waals surface area contributed by atoms with Gasteiger partial charge < -0.3 is 23.5 Å². The molecule has 0 radical (unpaired) electrons. The molecule has 1 atom stereocenters. The lowest BCUT2D eigenvalue weighted by Gasteiger charge is -2.37. The van der Waals surface area contributed by atoms with E-state index in [1.54, 1.807) is 26.4 Å². The molecule has 0 aliphatic carbocycles. The molecule has 1 amide bonds. The van der Waals surface area contributed by atoms with E-state index in [1.807, 2.05) is 43.0 Å². The molecule has 0 bridgehead atoms. The highest BCUT2D eigenvalue weighted by atomic mass is 16.5. The van der Waals surface area contributed by atoms with Gasteiger partial charge in [0.25, 0.3) is 5.91 Å². The summed E-state index contributed by atoms with van der Waals surface area (Å²) in [6, 6.07) is 13.2. The number of amides is 1. The molecule has 0 N–H and O–H groups in total. The molecular formula is C25H27NO5. The zero-order chi connectivity index (χ0) is 22.0. The summed E-state index contributed by atoms with van der Waals surface area (Å²) in [5.74, 6) is 2.27. The van der Waals surface area contributed by atoms with E-state index < -0.39 is 0 Å². The molecule has 0 spiro atoms. The maximum absolute atomic E-state index is 13.2. The fraction of sp³-hybridized carbons (Fsp3) is 0.320. The van der Waals surface area contributed by atoms with Crippen molar-refractivity contribution < 1.29 is 23.4 Å². The van der Waals surface area contributed by atoms with E-state index in [-0.39, 0.29) is 11.9 Å². The molecule has 6 nitrogen and oxygen atoms in total. The number of carbonyl (C=O) groups excluding carboxylic acids is 1. The monoisotopic (exact) mass is 421 g/mol. The number of hydrogen-bond donors (Lipinski definition) is 0. The smallest absolute Gasteiger partial charge is 0.290 e. The Morgan fingerprint density at radius 2 is 1.77 bits per heavy atom. The quantitative estimate of drug-likeness (QED) is 0.576. The number of hydrogen-bond acceptors (Lipinski definition) is 5. The third-order valence-electron chi connectivity index (χ3n) is 5.60. The lowest BCUT2D eigenvalue weighted by atomic mass is 9.92. The molecule has 1 aliphatic rings. The van der Waals surface area contributed by atoms with Crippen molar-refractivity contribution in [3.8, 4) is 17.2 Å². The molecule has 1 aliphatic heterocycles. The summed E-state index contributed by atoms with van der Waals surface area (Å²) in [6.07, 6.45) is 2.22. The van der Waals surface area contributed by atoms with E-state index >= 15 is 0 Å². The SMILES string of the molecule is COc1cc2c(cc1OC)[C@@H](COc1cc(C)cc(C)c1)N(C(=O)c1ccco1)CC2. The van der Waals surface area contributed by atoms with Crippen LogP contribution in [0.2, 0.25) is 0 Å². The lowest BCUT2D eigenvalue weighted by molar-refractivity contribution is 0.0557. The van der Waals surface area contributed by atoms with Gasteiger partial charge >= 0.3 is 0 Å². The van der Waals surface area contributed by atoms with Crippen LogP contribution in [0.5, 0.6) is 17.2 Å². The number of rotatable bonds is 6. The summed E-state index contributed by atoms with van der Waals surface area (Å²) in [6.45, 7) is 4.96. The number of ether oxygens (including phenoxy) is 3. The molecule has 0 saturated heterocycles. The maximum atomic E-state index is 13.2. The second-order valence-corrected chi connectivity index (χ2v) is 7.78. The highest BCUT2D eigenvalue weighted by Gasteiger charge is 2.34. The van der Waals surface area contributed by atoms with Crippen molar-refractivity contribution in [3.05, 3.63) is 76.7 Å². The van der Waals surface area contributed by atoms with Gasteiger partial charge in [-0.05, 0) is 78.9 Å². The minimum atomic E-state index is -0.290. The largest absolute Gasteiger partial charge is 0.493 e. The van der Waals surface area contributed by atoms with Crippen LogP contribution in [0.15, 0.2) is 53.1 Å². The zero-order valence-corrected chi connectivity index (χ0v) is 18.3. The Labute approximate surface area is 182 Å². The molecular weight excluding hydrogens is 394 g/mol. The second-order valence-electron chi connectivity index (χ2n) is 7.78. The zero-order valence-electron chi connectivity index (χ0n) is 18.3. The topological polar surface area (TPSA) is 61.1 Å². The number of methoxy groups -OCH3 is 2. The number of nitrogens with zero attached hydrogens (tertiary/aromatic N) is 1. The van der Waals surface area contributed by atoms with Gasteiger partial charge in [-0.2, -0.15) is 0 Å². The van der Waals surface area contributed by atoms with Crippen molar-refractivity contribution >= 4 is 5.91 Å². The summed E-state index contributed by atoms with van der Waals surface area (Å²) in [5.41, 5.74) is 4.38. The summed E-state index contributed by atoms with van der Waals surface area (Å²) >= 11 is 0. The Kier molecular flexibility index (Phi) is 5.89. The van der Waals surface area contributed by atoms with Gasteiger partial charge in [0, 0.05) is 6.54 Å². The molecule has 0 unspecified atom stereocenters. The van der Waals surface area contributed by atoms with Crippen LogP contribution in [0.3, 0.4) is 0 Å². The average Bonchev–Trinajstić information content (AvgIpc) is 3.30. The fourth-order valence-corrected chi connectivity index (χ4v) is 4.18. The van der Waals surface area contributed by atoms with Gasteiger partial charge in [0.15, 0.2) is 17.3 Å². The predicted molar refractivity (Wildman–Crippen MR) is 117 cm³/mol. The molecule has 1 aromatic heterocycles. The van der Waals surface area contributed by atoms with Crippen molar-refractivity contribution in [2.24, 2.45) is 0 Å². The third-order valence-corrected chi connectivity index (χ3v) is 5.60. The Hall–Kier alpha value is -3.41. The Morgan fingerprint density at radius 1 is 1.06 bits per heavy atom. The molecule has 31 heavy (non-hydrogen) atoms. The first-order valence-corrected chi connectivity index (χ1v) is 10.3. The molecule has 2 heterocycles. The lowest BCUT2D eigenvalue weighted by Crippen LogP contribution is -2.42. The van der Waals surface area contributed by atoms with E-state index in [4.69, 9.17) is 18.6 Å². The number of carbonyl (C=O) groups is 1. The molecule has 162 valence electrons. The van der Waals surface area contributed by atoms with Crippen molar-refractivity contribution in [2.75, 3.05) is 27.4 Å². The van der Waals surface area contributed by atoms with Crippen LogP contribution in [0.25, 0.3) is 0 Å². The van der Waals surface area contributed by atoms with Crippen molar-refractivity contribution in [1.82, 2.24) is 4.90 Å². The minimum absolute atomic E-state index is 0.153. The molecule has 0 fully saturated rings. The van der Waals surface area contributed by atoms with Crippen LogP contribution in [0.4, 0.5) is 0 Å². The molecule has 6 heteroatoms. The number of benzene rings is 2. The Morgan fingerprint density at radius 3 is 2.42 bits per heavy atom. The summed E-state index contributed by atoms with van der Waals surface area (Å²) in [7, 11) is 3.24. The van der Waals surface area contributed by atoms with Crippen LogP contribution in [-0.4, -0.2) is 38.2 Å². The Balaban J connectivity index is 1.70. The normalized spacial score (nSPS) is 15.4. The number of fused-ring (bicyclic) bond motifs is 1. The second kappa shape index (κ2) is 8.76. The van der Waals surface area contributed by atoms with Crippen LogP contribution < -0.4 is 14.2 Å². The first kappa shape index (κ1) is 20.8. The Bertz CT molecular complexity index is 1050. The molecule has 2 aromatic carbocycles. The summed E-state index contributed by atoms with van der Waals surface area (Å²) in [4.78, 5) is 15.0. The molecule has 4 rings (SSSR count). The average molecular weight is 421 g/mol. The minimum Gasteiger partial charge on any atom is -0.493 e. The van der Waals surface area contributed by atoms with Gasteiger partial charge in [0.2, 0.25) is 0 Å². The first-order chi connectivity index (χ1) is 15.0. The van der Waals surface area contributed by atoms with Crippen LogP contribution in [-0.2, 0) is 6.42 Å². The highest BCUT2D eigenvalue weighted by Crippen LogP contribution is 2.39. The van der Waals surface area contributed by atoms with E-state index in [1.165, 1.54) is 6.26 Å². The van der Waals surface area contributed by atoms with Gasteiger partial charge in [-0.25, -0.2) is 0 Å². The number of aryl methyl sites for hydroxylation is 2.